The van der Waals surface area contributed by atoms with Gasteiger partial charge in [0.15, 0.2) is 0 Å². The summed E-state index contributed by atoms with van der Waals surface area (Å²) in [6.07, 6.45) is -3.59. The molecule has 21 heavy (non-hydrogen) atoms. The Kier molecular flexibility index (Phi) is 5.78. The van der Waals surface area contributed by atoms with E-state index in [1.54, 1.807) is 0 Å². The molecule has 0 spiro atoms. The first-order valence-corrected chi connectivity index (χ1v) is 7.56. The van der Waals surface area contributed by atoms with Crippen molar-refractivity contribution in [2.24, 2.45) is 0 Å². The summed E-state index contributed by atoms with van der Waals surface area (Å²) in [5.41, 5.74) is -2.19. The van der Waals surface area contributed by atoms with Gasteiger partial charge in [0.05, 0.1) is 5.56 Å². The largest absolute Gasteiger partial charge is 0.419 e. The lowest BCUT2D eigenvalue weighted by atomic mass is 9.95. The highest BCUT2D eigenvalue weighted by molar-refractivity contribution is 9.09. The lowest BCUT2D eigenvalue weighted by Gasteiger charge is -2.31. The number of nitrogens with one attached hydrogen (secondary N) is 1. The molecule has 1 aromatic carbocycles. The molecule has 0 heterocycles. The van der Waals surface area contributed by atoms with Crippen molar-refractivity contribution >= 4 is 21.8 Å². The van der Waals surface area contributed by atoms with Crippen molar-refractivity contribution in [1.82, 2.24) is 5.32 Å². The molecule has 0 bridgehead atoms. The number of hydrogen-bond acceptors (Lipinski definition) is 1. The van der Waals surface area contributed by atoms with E-state index in [1.165, 1.54) is 0 Å². The average molecular weight is 370 g/mol. The molecule has 0 saturated carbocycles. The van der Waals surface area contributed by atoms with Crippen LogP contribution in [0.2, 0.25) is 0 Å². The third kappa shape index (κ3) is 4.18. The Morgan fingerprint density at radius 1 is 1.24 bits per heavy atom. The van der Waals surface area contributed by atoms with E-state index in [0.29, 0.717) is 30.3 Å². The number of carbonyl (C=O) groups is 1. The van der Waals surface area contributed by atoms with Gasteiger partial charge in [-0.05, 0) is 31.0 Å². The van der Waals surface area contributed by atoms with Gasteiger partial charge in [0.2, 0.25) is 0 Å². The van der Waals surface area contributed by atoms with Crippen LogP contribution in [0.1, 0.15) is 42.6 Å². The second-order valence-electron chi connectivity index (χ2n) is 4.77. The first-order valence-electron chi connectivity index (χ1n) is 6.44. The predicted molar refractivity (Wildman–Crippen MR) is 76.0 cm³/mol. The summed E-state index contributed by atoms with van der Waals surface area (Å²) < 4.78 is 51.2. The molecule has 2 nitrogen and oxygen atoms in total. The standard InChI is InChI=1S/C14H16BrF4NO/c1-3-13(4-2,8-15)20-12(21)9-5-6-11(16)10(7-9)14(17,18)19/h5-7H,3-4,8H2,1-2H3,(H,20,21). The highest BCUT2D eigenvalue weighted by Gasteiger charge is 2.35. The highest BCUT2D eigenvalue weighted by Crippen LogP contribution is 2.32. The van der Waals surface area contributed by atoms with E-state index >= 15 is 0 Å². The van der Waals surface area contributed by atoms with Gasteiger partial charge < -0.3 is 5.32 Å². The zero-order valence-corrected chi connectivity index (χ0v) is 13.2. The number of hydrogen-bond donors (Lipinski definition) is 1. The predicted octanol–water partition coefficient (Wildman–Crippen LogP) is 4.53. The maximum Gasteiger partial charge on any atom is 0.419 e. The Bertz CT molecular complexity index is 504. The molecule has 0 saturated heterocycles. The Hall–Kier alpha value is -1.11. The smallest absolute Gasteiger partial charge is 0.346 e. The zero-order valence-electron chi connectivity index (χ0n) is 11.7. The second kappa shape index (κ2) is 6.77. The van der Waals surface area contributed by atoms with Crippen LogP contribution in [0.15, 0.2) is 18.2 Å². The lowest BCUT2D eigenvalue weighted by Crippen LogP contribution is -2.49. The molecule has 0 aromatic heterocycles. The molecule has 0 fully saturated rings. The number of benzene rings is 1. The average Bonchev–Trinajstić information content (AvgIpc) is 2.44. The molecule has 0 aliphatic carbocycles. The monoisotopic (exact) mass is 369 g/mol. The molecule has 118 valence electrons. The van der Waals surface area contributed by atoms with Crippen LogP contribution in [0, 0.1) is 5.82 Å². The molecule has 0 aliphatic heterocycles. The van der Waals surface area contributed by atoms with Gasteiger partial charge in [0, 0.05) is 16.4 Å². The van der Waals surface area contributed by atoms with Crippen LogP contribution >= 0.6 is 15.9 Å². The van der Waals surface area contributed by atoms with E-state index in [2.05, 4.69) is 21.2 Å². The molecule has 1 N–H and O–H groups in total. The van der Waals surface area contributed by atoms with Gasteiger partial charge in [-0.25, -0.2) is 4.39 Å². The summed E-state index contributed by atoms with van der Waals surface area (Å²) in [7, 11) is 0. The van der Waals surface area contributed by atoms with Crippen molar-refractivity contribution < 1.29 is 22.4 Å². The zero-order chi connectivity index (χ0) is 16.3. The third-order valence-electron chi connectivity index (χ3n) is 3.52. The van der Waals surface area contributed by atoms with Gasteiger partial charge in [-0.15, -0.1) is 0 Å². The summed E-state index contributed by atoms with van der Waals surface area (Å²) in [5.74, 6) is -2.04. The maximum absolute atomic E-state index is 13.2. The van der Waals surface area contributed by atoms with Gasteiger partial charge in [-0.3, -0.25) is 4.79 Å². The second-order valence-corrected chi connectivity index (χ2v) is 5.33. The molecule has 1 rings (SSSR count). The lowest BCUT2D eigenvalue weighted by molar-refractivity contribution is -0.140. The fourth-order valence-electron chi connectivity index (χ4n) is 1.85. The van der Waals surface area contributed by atoms with Crippen molar-refractivity contribution in [2.45, 2.75) is 38.4 Å². The van der Waals surface area contributed by atoms with Gasteiger partial charge in [0.1, 0.15) is 5.82 Å². The number of amides is 1. The minimum Gasteiger partial charge on any atom is -0.346 e. The quantitative estimate of drug-likeness (QED) is 0.599. The van der Waals surface area contributed by atoms with Crippen molar-refractivity contribution in [3.8, 4) is 0 Å². The summed E-state index contributed by atoms with van der Waals surface area (Å²) in [4.78, 5) is 12.1. The Balaban J connectivity index is 3.09. The van der Waals surface area contributed by atoms with Crippen molar-refractivity contribution in [3.05, 3.63) is 35.1 Å². The number of rotatable bonds is 5. The molecule has 0 radical (unpaired) electrons. The Morgan fingerprint density at radius 2 is 1.81 bits per heavy atom. The first kappa shape index (κ1) is 17.9. The topological polar surface area (TPSA) is 29.1 Å². The Morgan fingerprint density at radius 3 is 2.24 bits per heavy atom. The summed E-state index contributed by atoms with van der Waals surface area (Å²) in [6, 6.07) is 2.24. The number of carbonyl (C=O) groups excluding carboxylic acids is 1. The summed E-state index contributed by atoms with van der Waals surface area (Å²) in [6.45, 7) is 3.74. The van der Waals surface area contributed by atoms with E-state index in [0.717, 1.165) is 6.07 Å². The SMILES string of the molecule is CCC(CC)(CBr)NC(=O)c1ccc(F)c(C(F)(F)F)c1. The molecule has 7 heteroatoms. The van der Waals surface area contributed by atoms with E-state index in [4.69, 9.17) is 0 Å². The fourth-order valence-corrected chi connectivity index (χ4v) is 2.78. The van der Waals surface area contributed by atoms with E-state index in [9.17, 15) is 22.4 Å². The van der Waals surface area contributed by atoms with Crippen LogP contribution in [-0.2, 0) is 6.18 Å². The van der Waals surface area contributed by atoms with Crippen molar-refractivity contribution in [1.29, 1.82) is 0 Å². The molecule has 0 atom stereocenters. The fraction of sp³-hybridized carbons (Fsp3) is 0.500. The molecular weight excluding hydrogens is 354 g/mol. The van der Waals surface area contributed by atoms with Gasteiger partial charge in [-0.2, -0.15) is 13.2 Å². The molecule has 0 aliphatic rings. The van der Waals surface area contributed by atoms with Crippen LogP contribution in [0.5, 0.6) is 0 Å². The molecule has 1 aromatic rings. The molecule has 0 unspecified atom stereocenters. The van der Waals surface area contributed by atoms with E-state index in [1.807, 2.05) is 13.8 Å². The van der Waals surface area contributed by atoms with Gasteiger partial charge in [-0.1, -0.05) is 29.8 Å². The van der Waals surface area contributed by atoms with E-state index < -0.39 is 29.0 Å². The van der Waals surface area contributed by atoms with E-state index in [-0.39, 0.29) is 5.56 Å². The molecule has 1 amide bonds. The van der Waals surface area contributed by atoms with Crippen LogP contribution in [0.3, 0.4) is 0 Å². The van der Waals surface area contributed by atoms with Crippen LogP contribution < -0.4 is 5.32 Å². The van der Waals surface area contributed by atoms with Crippen molar-refractivity contribution in [2.75, 3.05) is 5.33 Å². The van der Waals surface area contributed by atoms with Crippen LogP contribution in [0.25, 0.3) is 0 Å². The molecular formula is C14H16BrF4NO. The van der Waals surface area contributed by atoms with Gasteiger partial charge >= 0.3 is 6.18 Å². The summed E-state index contributed by atoms with van der Waals surface area (Å²) >= 11 is 3.30. The minimum absolute atomic E-state index is 0.212. The van der Waals surface area contributed by atoms with Crippen LogP contribution in [0.4, 0.5) is 17.6 Å². The number of halogens is 5. The first-order chi connectivity index (χ1) is 9.69. The summed E-state index contributed by atoms with van der Waals surface area (Å²) in [5, 5.41) is 3.20. The minimum atomic E-state index is -4.83. The normalized spacial score (nSPS) is 12.3. The highest BCUT2D eigenvalue weighted by atomic mass is 79.9. The maximum atomic E-state index is 13.2. The van der Waals surface area contributed by atoms with Crippen molar-refractivity contribution in [3.63, 3.8) is 0 Å². The third-order valence-corrected chi connectivity index (χ3v) is 4.60. The van der Waals surface area contributed by atoms with Gasteiger partial charge in [0.25, 0.3) is 5.91 Å². The number of alkyl halides is 4. The Labute approximate surface area is 129 Å². The van der Waals surface area contributed by atoms with Crippen LogP contribution in [-0.4, -0.2) is 16.8 Å².